The Bertz CT molecular complexity index is 1430. The number of hydrogen-bond donors (Lipinski definition) is 1. The van der Waals surface area contributed by atoms with Gasteiger partial charge >= 0.3 is 0 Å². The van der Waals surface area contributed by atoms with Crippen LogP contribution in [0.1, 0.15) is 18.4 Å². The van der Waals surface area contributed by atoms with E-state index >= 15 is 0 Å². The second kappa shape index (κ2) is 18.7. The molecule has 1 N–H and O–H groups in total. The molecule has 238 valence electrons. The van der Waals surface area contributed by atoms with Gasteiger partial charge in [0.05, 0.1) is 17.8 Å². The van der Waals surface area contributed by atoms with Crippen LogP contribution in [-0.2, 0) is 0 Å². The Hall–Kier alpha value is -2.19. The molecule has 0 aliphatic heterocycles. The summed E-state index contributed by atoms with van der Waals surface area (Å²) in [5.74, 6) is 3.98. The predicted octanol–water partition coefficient (Wildman–Crippen LogP) is 8.54. The Kier molecular flexibility index (Phi) is 14.7. The van der Waals surface area contributed by atoms with Crippen molar-refractivity contribution in [3.8, 4) is 11.5 Å². The van der Waals surface area contributed by atoms with E-state index in [0.717, 1.165) is 102 Å². The number of hydrogen-bond acceptors (Lipinski definition) is 6. The largest absolute Gasteiger partial charge is 0.492 e. The van der Waals surface area contributed by atoms with Gasteiger partial charge in [0, 0.05) is 72.7 Å². The highest BCUT2D eigenvalue weighted by atomic mass is 35.5. The number of fused-ring (bicyclic) bond motifs is 2. The monoisotopic (exact) mass is 678 g/mol. The Balaban J connectivity index is 1.48. The lowest BCUT2D eigenvalue weighted by atomic mass is 10.0. The van der Waals surface area contributed by atoms with Gasteiger partial charge in [-0.25, -0.2) is 4.98 Å². The van der Waals surface area contributed by atoms with Crippen molar-refractivity contribution in [3.05, 3.63) is 66.2 Å². The van der Waals surface area contributed by atoms with Gasteiger partial charge < -0.3 is 19.7 Å². The molecule has 4 rings (SSSR count). The lowest BCUT2D eigenvalue weighted by Gasteiger charge is -2.20. The number of aromatic nitrogens is 1. The number of nitrogens with zero attached hydrogens (tertiary/aromatic N) is 3. The van der Waals surface area contributed by atoms with E-state index < -0.39 is 0 Å². The number of halogens is 4. The zero-order valence-corrected chi connectivity index (χ0v) is 28.4. The SMILES string of the molecule is Cc1cccc2c(Nc3ccc(OCCN(CCCl)CCCl)cc3)c3cccc(OCCCCN(CCCl)CCCl)c3nc12. The third-order valence-corrected chi connectivity index (χ3v) is 8.20. The summed E-state index contributed by atoms with van der Waals surface area (Å²) in [4.78, 5) is 9.60. The van der Waals surface area contributed by atoms with E-state index in [1.165, 1.54) is 0 Å². The summed E-state index contributed by atoms with van der Waals surface area (Å²) in [6.45, 7) is 8.30. The Morgan fingerprint density at radius 3 is 1.91 bits per heavy atom. The Morgan fingerprint density at radius 2 is 1.25 bits per heavy atom. The third kappa shape index (κ3) is 9.90. The van der Waals surface area contributed by atoms with E-state index in [4.69, 9.17) is 60.9 Å². The summed E-state index contributed by atoms with van der Waals surface area (Å²) in [5, 5.41) is 5.75. The van der Waals surface area contributed by atoms with Gasteiger partial charge in [0.15, 0.2) is 0 Å². The molecule has 3 aromatic carbocycles. The topological polar surface area (TPSA) is 49.9 Å². The zero-order valence-electron chi connectivity index (χ0n) is 25.3. The lowest BCUT2D eigenvalue weighted by Crippen LogP contribution is -2.32. The summed E-state index contributed by atoms with van der Waals surface area (Å²) in [7, 11) is 0. The molecule has 0 atom stereocenters. The van der Waals surface area contributed by atoms with E-state index in [-0.39, 0.29) is 0 Å². The van der Waals surface area contributed by atoms with Crippen molar-refractivity contribution in [2.45, 2.75) is 19.8 Å². The molecule has 4 aromatic rings. The van der Waals surface area contributed by atoms with Crippen molar-refractivity contribution in [1.82, 2.24) is 14.8 Å². The maximum absolute atomic E-state index is 6.32. The minimum Gasteiger partial charge on any atom is -0.492 e. The molecule has 0 saturated heterocycles. The summed E-state index contributed by atoms with van der Waals surface area (Å²) in [5.41, 5.74) is 4.88. The van der Waals surface area contributed by atoms with Crippen LogP contribution in [0, 0.1) is 6.92 Å². The molecular weight excluding hydrogens is 638 g/mol. The molecule has 0 aliphatic carbocycles. The summed E-state index contributed by atoms with van der Waals surface area (Å²) in [6, 6.07) is 20.5. The maximum atomic E-state index is 6.32. The summed E-state index contributed by atoms with van der Waals surface area (Å²) < 4.78 is 12.3. The lowest BCUT2D eigenvalue weighted by molar-refractivity contribution is 0.224. The van der Waals surface area contributed by atoms with Crippen molar-refractivity contribution in [1.29, 1.82) is 0 Å². The molecule has 0 spiro atoms. The quantitative estimate of drug-likeness (QED) is 0.0574. The number of pyridine rings is 1. The first-order valence-electron chi connectivity index (χ1n) is 15.2. The van der Waals surface area contributed by atoms with Gasteiger partial charge in [-0.2, -0.15) is 0 Å². The third-order valence-electron chi connectivity index (χ3n) is 7.53. The molecule has 1 heterocycles. The van der Waals surface area contributed by atoms with Crippen molar-refractivity contribution < 1.29 is 9.47 Å². The second-order valence-corrected chi connectivity index (χ2v) is 12.1. The number of alkyl halides is 4. The number of nitrogens with one attached hydrogen (secondary N) is 1. The van der Waals surface area contributed by atoms with Gasteiger partial charge in [0.25, 0.3) is 0 Å². The van der Waals surface area contributed by atoms with Crippen LogP contribution in [-0.4, -0.2) is 90.8 Å². The fourth-order valence-corrected chi connectivity index (χ4v) is 6.15. The molecule has 6 nitrogen and oxygen atoms in total. The second-order valence-electron chi connectivity index (χ2n) is 10.6. The number of rotatable bonds is 20. The van der Waals surface area contributed by atoms with Crippen LogP contribution < -0.4 is 14.8 Å². The van der Waals surface area contributed by atoms with Gasteiger partial charge in [-0.05, 0) is 62.2 Å². The Labute approximate surface area is 281 Å². The van der Waals surface area contributed by atoms with Crippen LogP contribution in [0.4, 0.5) is 11.4 Å². The van der Waals surface area contributed by atoms with Gasteiger partial charge in [-0.15, -0.1) is 46.4 Å². The van der Waals surface area contributed by atoms with Crippen LogP contribution in [0.2, 0.25) is 0 Å². The van der Waals surface area contributed by atoms with Gasteiger partial charge in [-0.1, -0.05) is 30.3 Å². The van der Waals surface area contributed by atoms with Crippen molar-refractivity contribution >= 4 is 79.6 Å². The summed E-state index contributed by atoms with van der Waals surface area (Å²) >= 11 is 23.7. The number of benzene rings is 3. The number of para-hydroxylation sites is 2. The fraction of sp³-hybridized carbons (Fsp3) is 0.441. The van der Waals surface area contributed by atoms with E-state index in [2.05, 4.69) is 46.3 Å². The molecule has 0 saturated carbocycles. The maximum Gasteiger partial charge on any atom is 0.145 e. The Morgan fingerprint density at radius 1 is 0.636 bits per heavy atom. The van der Waals surface area contributed by atoms with E-state index in [0.29, 0.717) is 36.7 Å². The number of ether oxygens (including phenoxy) is 2. The zero-order chi connectivity index (χ0) is 31.1. The van der Waals surface area contributed by atoms with Crippen LogP contribution >= 0.6 is 46.4 Å². The molecule has 0 radical (unpaired) electrons. The smallest absolute Gasteiger partial charge is 0.145 e. The van der Waals surface area contributed by atoms with Crippen molar-refractivity contribution in [2.24, 2.45) is 0 Å². The van der Waals surface area contributed by atoms with E-state index in [1.54, 1.807) is 0 Å². The normalized spacial score (nSPS) is 11.6. The van der Waals surface area contributed by atoms with Crippen LogP contribution in [0.3, 0.4) is 0 Å². The summed E-state index contributed by atoms with van der Waals surface area (Å²) in [6.07, 6.45) is 1.95. The number of aryl methyl sites for hydroxylation is 1. The van der Waals surface area contributed by atoms with Gasteiger partial charge in [0.1, 0.15) is 23.6 Å². The van der Waals surface area contributed by atoms with Crippen molar-refractivity contribution in [2.75, 3.05) is 81.3 Å². The molecule has 44 heavy (non-hydrogen) atoms. The first kappa shape index (κ1) is 34.7. The standard InChI is InChI=1S/C34H42Cl4N4O2/c1-26-6-4-7-29-32(26)40-34-30(8-5-9-31(34)44-24-3-2-18-41(19-14-35)20-15-36)33(29)39-27-10-12-28(13-11-27)43-25-23-42(21-16-37)22-17-38/h4-13H,2-3,14-25H2,1H3,(H,39,40). The number of anilines is 2. The molecular formula is C34H42Cl4N4O2. The van der Waals surface area contributed by atoms with Crippen LogP contribution in [0.5, 0.6) is 11.5 Å². The highest BCUT2D eigenvalue weighted by Crippen LogP contribution is 2.38. The van der Waals surface area contributed by atoms with Gasteiger partial charge in [0.2, 0.25) is 0 Å². The molecule has 0 amide bonds. The average Bonchev–Trinajstić information content (AvgIpc) is 3.02. The predicted molar refractivity (Wildman–Crippen MR) is 190 cm³/mol. The highest BCUT2D eigenvalue weighted by Gasteiger charge is 2.15. The van der Waals surface area contributed by atoms with Crippen LogP contribution in [0.15, 0.2) is 60.7 Å². The minimum absolute atomic E-state index is 0.571. The molecule has 0 bridgehead atoms. The van der Waals surface area contributed by atoms with Crippen molar-refractivity contribution in [3.63, 3.8) is 0 Å². The average molecular weight is 681 g/mol. The first-order chi connectivity index (χ1) is 21.6. The molecule has 0 aliphatic rings. The van der Waals surface area contributed by atoms with E-state index in [1.807, 2.05) is 36.4 Å². The van der Waals surface area contributed by atoms with Crippen LogP contribution in [0.25, 0.3) is 21.8 Å². The molecule has 1 aromatic heterocycles. The van der Waals surface area contributed by atoms with Gasteiger partial charge in [-0.3, -0.25) is 4.90 Å². The molecule has 0 fully saturated rings. The first-order valence-corrected chi connectivity index (χ1v) is 17.3. The number of unbranched alkanes of at least 4 members (excludes halogenated alkanes) is 1. The fourth-order valence-electron chi connectivity index (χ4n) is 5.20. The molecule has 0 unspecified atom stereocenters. The minimum atomic E-state index is 0.571. The highest BCUT2D eigenvalue weighted by molar-refractivity contribution is 6.18. The van der Waals surface area contributed by atoms with E-state index in [9.17, 15) is 0 Å². The molecule has 10 heteroatoms.